The van der Waals surface area contributed by atoms with Gasteiger partial charge in [0.25, 0.3) is 5.56 Å². The van der Waals surface area contributed by atoms with E-state index in [1.54, 1.807) is 10.6 Å². The molecule has 0 radical (unpaired) electrons. The van der Waals surface area contributed by atoms with Crippen molar-refractivity contribution in [3.05, 3.63) is 55.1 Å². The van der Waals surface area contributed by atoms with Gasteiger partial charge < -0.3 is 9.26 Å². The molecule has 0 aliphatic carbocycles. The summed E-state index contributed by atoms with van der Waals surface area (Å²) in [6, 6.07) is 5.39. The maximum Gasteiger partial charge on any atom is 0.397 e. The summed E-state index contributed by atoms with van der Waals surface area (Å²) in [6.45, 7) is 0.719. The zero-order valence-corrected chi connectivity index (χ0v) is 17.1. The fourth-order valence-electron chi connectivity index (χ4n) is 2.88. The number of fused-ring (bicyclic) bond motifs is 1. The number of H-pyrrole nitrogens is 1. The van der Waals surface area contributed by atoms with E-state index in [4.69, 9.17) is 53.7 Å². The molecule has 11 heteroatoms. The highest BCUT2D eigenvalue weighted by atomic mass is 35.5. The average molecular weight is 449 g/mol. The van der Waals surface area contributed by atoms with Gasteiger partial charge in [-0.1, -0.05) is 23.2 Å². The van der Waals surface area contributed by atoms with Crippen LogP contribution in [0, 0.1) is 4.77 Å². The van der Waals surface area contributed by atoms with Crippen LogP contribution >= 0.6 is 44.0 Å². The van der Waals surface area contributed by atoms with Crippen LogP contribution in [0.2, 0.25) is 10.0 Å². The van der Waals surface area contributed by atoms with Gasteiger partial charge in [-0.25, -0.2) is 0 Å². The van der Waals surface area contributed by atoms with Gasteiger partial charge in [-0.05, 0) is 43.3 Å². The number of hydrogen-bond donors (Lipinski definition) is 1. The predicted molar refractivity (Wildman–Crippen MR) is 104 cm³/mol. The molecule has 1 saturated heterocycles. The maximum absolute atomic E-state index is 11.5. The Labute approximate surface area is 171 Å². The Morgan fingerprint density at radius 2 is 2.22 bits per heavy atom. The average Bonchev–Trinajstić information content (AvgIpc) is 3.11. The molecule has 7 nitrogen and oxygen atoms in total. The van der Waals surface area contributed by atoms with Gasteiger partial charge in [0.15, 0.2) is 4.77 Å². The molecule has 3 heterocycles. The maximum atomic E-state index is 11.5. The van der Waals surface area contributed by atoms with Crippen LogP contribution in [-0.4, -0.2) is 22.3 Å². The van der Waals surface area contributed by atoms with Crippen molar-refractivity contribution in [3.8, 4) is 5.75 Å². The van der Waals surface area contributed by atoms with Gasteiger partial charge in [-0.3, -0.25) is 23.4 Å². The SMILES string of the molecule is O=c1[nH]c(=S)n(C2CCC(COP3OCc4cc(Cl)ccc4O3)O2)cc1Cl. The summed E-state index contributed by atoms with van der Waals surface area (Å²) in [7, 11) is -1.49. The minimum Gasteiger partial charge on any atom is -0.426 e. The van der Waals surface area contributed by atoms with Crippen LogP contribution in [0.25, 0.3) is 0 Å². The van der Waals surface area contributed by atoms with Crippen molar-refractivity contribution < 1.29 is 18.3 Å². The molecule has 0 bridgehead atoms. The first-order valence-electron chi connectivity index (χ1n) is 8.18. The van der Waals surface area contributed by atoms with E-state index in [2.05, 4.69) is 4.98 Å². The number of hydrogen-bond acceptors (Lipinski definition) is 6. The highest BCUT2D eigenvalue weighted by Gasteiger charge is 2.30. The highest BCUT2D eigenvalue weighted by molar-refractivity contribution is 7.71. The standard InChI is InChI=1S/C16H15Cl2N2O5PS/c17-10-1-3-13-9(5-10)7-22-26(25-13)23-8-11-2-4-14(24-11)20-6-12(18)15(21)19-16(20)27/h1,3,5-6,11,14H,2,4,7-8H2,(H,19,21,27). The summed E-state index contributed by atoms with van der Waals surface area (Å²) in [4.78, 5) is 14.0. The molecule has 0 saturated carbocycles. The van der Waals surface area contributed by atoms with Crippen LogP contribution in [0.1, 0.15) is 24.6 Å². The van der Waals surface area contributed by atoms with E-state index in [1.807, 2.05) is 12.1 Å². The first kappa shape index (κ1) is 19.3. The Morgan fingerprint density at radius 3 is 3.07 bits per heavy atom. The topological polar surface area (TPSA) is 74.7 Å². The summed E-state index contributed by atoms with van der Waals surface area (Å²) in [5.74, 6) is 0.719. The molecule has 0 spiro atoms. The zero-order valence-electron chi connectivity index (χ0n) is 13.9. The van der Waals surface area contributed by atoms with Crippen molar-refractivity contribution in [2.24, 2.45) is 0 Å². The molecule has 1 fully saturated rings. The van der Waals surface area contributed by atoms with Gasteiger partial charge in [-0.15, -0.1) is 0 Å². The van der Waals surface area contributed by atoms with Crippen LogP contribution in [0.3, 0.4) is 0 Å². The van der Waals surface area contributed by atoms with Gasteiger partial charge in [-0.2, -0.15) is 0 Å². The van der Waals surface area contributed by atoms with Gasteiger partial charge in [0.2, 0.25) is 0 Å². The fraction of sp³-hybridized carbons (Fsp3) is 0.375. The second-order valence-corrected chi connectivity index (χ2v) is 8.45. The summed E-state index contributed by atoms with van der Waals surface area (Å²) >= 11 is 17.0. The number of halogens is 2. The number of benzene rings is 1. The molecule has 4 rings (SSSR count). The number of rotatable bonds is 4. The van der Waals surface area contributed by atoms with Crippen molar-refractivity contribution in [3.63, 3.8) is 0 Å². The quantitative estimate of drug-likeness (QED) is 0.537. The van der Waals surface area contributed by atoms with Crippen LogP contribution in [0.4, 0.5) is 0 Å². The largest absolute Gasteiger partial charge is 0.426 e. The summed E-state index contributed by atoms with van der Waals surface area (Å²) in [5.41, 5.74) is 0.484. The lowest BCUT2D eigenvalue weighted by Gasteiger charge is -2.25. The molecule has 1 N–H and O–H groups in total. The number of aromatic nitrogens is 2. The Morgan fingerprint density at radius 1 is 1.37 bits per heavy atom. The van der Waals surface area contributed by atoms with E-state index < -0.39 is 14.2 Å². The first-order chi connectivity index (χ1) is 13.0. The number of nitrogens with zero attached hydrogens (tertiary/aromatic N) is 1. The van der Waals surface area contributed by atoms with Crippen molar-refractivity contribution >= 4 is 44.0 Å². The predicted octanol–water partition coefficient (Wildman–Crippen LogP) is 4.74. The van der Waals surface area contributed by atoms with Crippen LogP contribution in [-0.2, 0) is 20.4 Å². The van der Waals surface area contributed by atoms with Crippen molar-refractivity contribution in [2.75, 3.05) is 6.61 Å². The molecule has 3 atom stereocenters. The van der Waals surface area contributed by atoms with Gasteiger partial charge in [0.05, 0.1) is 19.3 Å². The lowest BCUT2D eigenvalue weighted by atomic mass is 10.2. The molecule has 2 aliphatic rings. The molecule has 2 aromatic rings. The number of nitrogens with one attached hydrogen (secondary N) is 1. The third-order valence-electron chi connectivity index (χ3n) is 4.21. The molecule has 144 valence electrons. The Balaban J connectivity index is 1.33. The molecular formula is C16H15Cl2N2O5PS. The van der Waals surface area contributed by atoms with Crippen molar-refractivity contribution in [2.45, 2.75) is 31.8 Å². The molecule has 2 aliphatic heterocycles. The van der Waals surface area contributed by atoms with E-state index in [-0.39, 0.29) is 22.1 Å². The van der Waals surface area contributed by atoms with Crippen LogP contribution in [0.5, 0.6) is 5.75 Å². The lowest BCUT2D eigenvalue weighted by Crippen LogP contribution is -2.20. The normalized spacial score (nSPS) is 24.4. The third-order valence-corrected chi connectivity index (χ3v) is 6.07. The van der Waals surface area contributed by atoms with E-state index in [9.17, 15) is 4.79 Å². The molecular weight excluding hydrogens is 434 g/mol. The zero-order chi connectivity index (χ0) is 19.0. The number of ether oxygens (including phenoxy) is 1. The van der Waals surface area contributed by atoms with Gasteiger partial charge in [0, 0.05) is 16.8 Å². The van der Waals surface area contributed by atoms with Gasteiger partial charge in [0.1, 0.15) is 17.0 Å². The Kier molecular flexibility index (Phi) is 5.85. The molecule has 27 heavy (non-hydrogen) atoms. The molecule has 0 amide bonds. The minimum atomic E-state index is -1.49. The third kappa shape index (κ3) is 4.38. The Bertz CT molecular complexity index is 969. The van der Waals surface area contributed by atoms with E-state index in [0.717, 1.165) is 24.2 Å². The number of aromatic amines is 1. The van der Waals surface area contributed by atoms with Crippen molar-refractivity contribution in [1.29, 1.82) is 0 Å². The van der Waals surface area contributed by atoms with E-state index in [1.165, 1.54) is 6.20 Å². The molecule has 1 aromatic carbocycles. The smallest absolute Gasteiger partial charge is 0.397 e. The van der Waals surface area contributed by atoms with Crippen molar-refractivity contribution in [1.82, 2.24) is 9.55 Å². The van der Waals surface area contributed by atoms with E-state index >= 15 is 0 Å². The van der Waals surface area contributed by atoms with Crippen LogP contribution < -0.4 is 10.1 Å². The van der Waals surface area contributed by atoms with E-state index in [0.29, 0.717) is 18.2 Å². The second-order valence-electron chi connectivity index (χ2n) is 6.07. The summed E-state index contributed by atoms with van der Waals surface area (Å²) in [5, 5.41) is 0.706. The molecule has 3 unspecified atom stereocenters. The second kappa shape index (κ2) is 8.17. The summed E-state index contributed by atoms with van der Waals surface area (Å²) < 4.78 is 25.0. The fourth-order valence-corrected chi connectivity index (χ4v) is 4.54. The van der Waals surface area contributed by atoms with Gasteiger partial charge >= 0.3 is 8.60 Å². The Hall–Kier alpha value is -0.990. The highest BCUT2D eigenvalue weighted by Crippen LogP contribution is 2.48. The van der Waals surface area contributed by atoms with Crippen LogP contribution in [0.15, 0.2) is 29.2 Å². The molecule has 1 aromatic heterocycles. The first-order valence-corrected chi connectivity index (χ1v) is 10.4. The summed E-state index contributed by atoms with van der Waals surface area (Å²) in [6.07, 6.45) is 2.56. The monoisotopic (exact) mass is 448 g/mol. The lowest BCUT2D eigenvalue weighted by molar-refractivity contribution is -0.0220. The minimum absolute atomic E-state index is 0.0677.